The van der Waals surface area contributed by atoms with E-state index in [9.17, 15) is 14.9 Å². The Kier molecular flexibility index (Phi) is 4.21. The fourth-order valence-corrected chi connectivity index (χ4v) is 2.21. The summed E-state index contributed by atoms with van der Waals surface area (Å²) in [4.78, 5) is 24.6. The van der Waals surface area contributed by atoms with Crippen molar-refractivity contribution in [2.75, 3.05) is 39.5 Å². The summed E-state index contributed by atoms with van der Waals surface area (Å²) < 4.78 is 15.7. The van der Waals surface area contributed by atoms with Crippen molar-refractivity contribution in [3.8, 4) is 5.75 Å². The Labute approximate surface area is 126 Å². The van der Waals surface area contributed by atoms with E-state index in [0.29, 0.717) is 38.5 Å². The SMILES string of the molecule is O=C(c1ccc([N+](=O)[O-])c(OCC2CO2)c1)N1CCOCC1. The van der Waals surface area contributed by atoms with Crippen molar-refractivity contribution in [3.63, 3.8) is 0 Å². The first-order valence-electron chi connectivity index (χ1n) is 7.05. The lowest BCUT2D eigenvalue weighted by molar-refractivity contribution is -0.385. The molecule has 2 aliphatic heterocycles. The van der Waals surface area contributed by atoms with Gasteiger partial charge in [-0.1, -0.05) is 0 Å². The van der Waals surface area contributed by atoms with E-state index in [2.05, 4.69) is 0 Å². The zero-order chi connectivity index (χ0) is 15.5. The number of hydrogen-bond donors (Lipinski definition) is 0. The van der Waals surface area contributed by atoms with E-state index < -0.39 is 4.92 Å². The second-order valence-electron chi connectivity index (χ2n) is 5.11. The summed E-state index contributed by atoms with van der Waals surface area (Å²) >= 11 is 0. The molecule has 8 nitrogen and oxygen atoms in total. The van der Waals surface area contributed by atoms with Crippen LogP contribution in [0.3, 0.4) is 0 Å². The zero-order valence-electron chi connectivity index (χ0n) is 11.9. The molecule has 22 heavy (non-hydrogen) atoms. The third-order valence-corrected chi connectivity index (χ3v) is 3.53. The molecule has 2 saturated heterocycles. The van der Waals surface area contributed by atoms with Gasteiger partial charge in [-0.2, -0.15) is 0 Å². The molecule has 0 aromatic heterocycles. The number of ether oxygens (including phenoxy) is 3. The number of amides is 1. The first kappa shape index (κ1) is 14.7. The molecule has 1 aromatic carbocycles. The van der Waals surface area contributed by atoms with Gasteiger partial charge in [0.1, 0.15) is 12.7 Å². The number of nitro benzene ring substituents is 1. The number of morpholine rings is 1. The first-order chi connectivity index (χ1) is 10.6. The Morgan fingerprint density at radius 3 is 2.77 bits per heavy atom. The highest BCUT2D eigenvalue weighted by Crippen LogP contribution is 2.29. The van der Waals surface area contributed by atoms with Crippen molar-refractivity contribution in [2.45, 2.75) is 6.10 Å². The smallest absolute Gasteiger partial charge is 0.310 e. The van der Waals surface area contributed by atoms with Gasteiger partial charge in [0.25, 0.3) is 5.91 Å². The molecule has 8 heteroatoms. The number of benzene rings is 1. The summed E-state index contributed by atoms with van der Waals surface area (Å²) in [7, 11) is 0. The fraction of sp³-hybridized carbons (Fsp3) is 0.500. The molecule has 118 valence electrons. The largest absolute Gasteiger partial charge is 0.484 e. The minimum atomic E-state index is -0.522. The first-order valence-corrected chi connectivity index (χ1v) is 7.05. The van der Waals surface area contributed by atoms with Crippen LogP contribution in [0.25, 0.3) is 0 Å². The van der Waals surface area contributed by atoms with Crippen molar-refractivity contribution in [1.82, 2.24) is 4.90 Å². The van der Waals surface area contributed by atoms with Gasteiger partial charge < -0.3 is 19.1 Å². The van der Waals surface area contributed by atoms with Gasteiger partial charge in [0, 0.05) is 30.8 Å². The summed E-state index contributed by atoms with van der Waals surface area (Å²) in [5.74, 6) is -0.0784. The van der Waals surface area contributed by atoms with Gasteiger partial charge in [-0.3, -0.25) is 14.9 Å². The monoisotopic (exact) mass is 308 g/mol. The van der Waals surface area contributed by atoms with E-state index in [1.807, 2.05) is 0 Å². The average molecular weight is 308 g/mol. The molecule has 2 aliphatic rings. The quantitative estimate of drug-likeness (QED) is 0.454. The van der Waals surface area contributed by atoms with Crippen LogP contribution in [0, 0.1) is 10.1 Å². The predicted octanol–water partition coefficient (Wildman–Crippen LogP) is 0.845. The van der Waals surface area contributed by atoms with E-state index >= 15 is 0 Å². The number of nitrogens with zero attached hydrogens (tertiary/aromatic N) is 2. The molecule has 1 unspecified atom stereocenters. The number of carbonyl (C=O) groups is 1. The van der Waals surface area contributed by atoms with Gasteiger partial charge in [0.2, 0.25) is 0 Å². The number of hydrogen-bond acceptors (Lipinski definition) is 6. The number of rotatable bonds is 5. The van der Waals surface area contributed by atoms with E-state index in [0.717, 1.165) is 0 Å². The molecule has 1 aromatic rings. The number of epoxide rings is 1. The third-order valence-electron chi connectivity index (χ3n) is 3.53. The van der Waals surface area contributed by atoms with Gasteiger partial charge >= 0.3 is 5.69 Å². The Balaban J connectivity index is 1.79. The van der Waals surface area contributed by atoms with E-state index in [-0.39, 0.29) is 30.1 Å². The van der Waals surface area contributed by atoms with Crippen LogP contribution in [-0.4, -0.2) is 61.4 Å². The summed E-state index contributed by atoms with van der Waals surface area (Å²) in [5.41, 5.74) is 0.221. The Bertz CT molecular complexity index is 581. The summed E-state index contributed by atoms with van der Waals surface area (Å²) in [6, 6.07) is 4.19. The van der Waals surface area contributed by atoms with Crippen LogP contribution in [0.1, 0.15) is 10.4 Å². The van der Waals surface area contributed by atoms with Crippen LogP contribution in [0.15, 0.2) is 18.2 Å². The van der Waals surface area contributed by atoms with Crippen LogP contribution >= 0.6 is 0 Å². The molecule has 0 saturated carbocycles. The Morgan fingerprint density at radius 1 is 1.41 bits per heavy atom. The second-order valence-corrected chi connectivity index (χ2v) is 5.11. The van der Waals surface area contributed by atoms with E-state index in [1.54, 1.807) is 4.90 Å². The van der Waals surface area contributed by atoms with Gasteiger partial charge in [-0.05, 0) is 6.07 Å². The highest BCUT2D eigenvalue weighted by Gasteiger charge is 2.26. The minimum Gasteiger partial charge on any atom is -0.484 e. The Hall–Kier alpha value is -2.19. The van der Waals surface area contributed by atoms with Gasteiger partial charge in [-0.15, -0.1) is 0 Å². The van der Waals surface area contributed by atoms with E-state index in [4.69, 9.17) is 14.2 Å². The molecule has 2 heterocycles. The van der Waals surface area contributed by atoms with Crippen LogP contribution in [0.4, 0.5) is 5.69 Å². The predicted molar refractivity (Wildman–Crippen MR) is 75.1 cm³/mol. The number of nitro groups is 1. The molecule has 1 amide bonds. The standard InChI is InChI=1S/C14H16N2O6/c17-14(15-3-5-20-6-4-15)10-1-2-12(16(18)19)13(7-10)22-9-11-8-21-11/h1-2,7,11H,3-6,8-9H2. The second kappa shape index (κ2) is 6.29. The maximum Gasteiger partial charge on any atom is 0.310 e. The van der Waals surface area contributed by atoms with Crippen molar-refractivity contribution in [1.29, 1.82) is 0 Å². The topological polar surface area (TPSA) is 94.4 Å². The molecular weight excluding hydrogens is 292 g/mol. The van der Waals surface area contributed by atoms with Crippen molar-refractivity contribution >= 4 is 11.6 Å². The van der Waals surface area contributed by atoms with Crippen LogP contribution in [0.5, 0.6) is 5.75 Å². The fourth-order valence-electron chi connectivity index (χ4n) is 2.21. The van der Waals surface area contributed by atoms with Gasteiger partial charge in [0.05, 0.1) is 24.7 Å². The highest BCUT2D eigenvalue weighted by molar-refractivity contribution is 5.95. The average Bonchev–Trinajstić information content (AvgIpc) is 3.37. The minimum absolute atomic E-state index is 0.0156. The summed E-state index contributed by atoms with van der Waals surface area (Å²) in [6.07, 6.45) is -0.0156. The molecule has 0 radical (unpaired) electrons. The van der Waals surface area contributed by atoms with Crippen LogP contribution in [-0.2, 0) is 9.47 Å². The lowest BCUT2D eigenvalue weighted by atomic mass is 10.1. The van der Waals surface area contributed by atoms with Crippen LogP contribution < -0.4 is 4.74 Å². The van der Waals surface area contributed by atoms with E-state index in [1.165, 1.54) is 18.2 Å². The highest BCUT2D eigenvalue weighted by atomic mass is 16.6. The maximum atomic E-state index is 12.4. The molecular formula is C14H16N2O6. The van der Waals surface area contributed by atoms with Crippen molar-refractivity contribution < 1.29 is 23.9 Å². The molecule has 1 atom stereocenters. The molecule has 0 bridgehead atoms. The van der Waals surface area contributed by atoms with Crippen molar-refractivity contribution in [3.05, 3.63) is 33.9 Å². The van der Waals surface area contributed by atoms with Crippen LogP contribution in [0.2, 0.25) is 0 Å². The molecule has 2 fully saturated rings. The lowest BCUT2D eigenvalue weighted by Crippen LogP contribution is -2.40. The molecule has 3 rings (SSSR count). The maximum absolute atomic E-state index is 12.4. The zero-order valence-corrected chi connectivity index (χ0v) is 11.9. The third kappa shape index (κ3) is 3.34. The summed E-state index contributed by atoms with van der Waals surface area (Å²) in [5, 5.41) is 11.0. The molecule has 0 aliphatic carbocycles. The lowest BCUT2D eigenvalue weighted by Gasteiger charge is -2.26. The molecule has 0 spiro atoms. The number of carbonyl (C=O) groups excluding carboxylic acids is 1. The van der Waals surface area contributed by atoms with Gasteiger partial charge in [0.15, 0.2) is 5.75 Å². The van der Waals surface area contributed by atoms with Crippen molar-refractivity contribution in [2.24, 2.45) is 0 Å². The normalized spacial score (nSPS) is 20.5. The summed E-state index contributed by atoms with van der Waals surface area (Å²) in [6.45, 7) is 2.88. The van der Waals surface area contributed by atoms with Gasteiger partial charge in [-0.25, -0.2) is 0 Å². The molecule has 0 N–H and O–H groups in total. The Morgan fingerprint density at radius 2 is 2.14 bits per heavy atom.